The number of carbonyl (C=O) groups is 1. The van der Waals surface area contributed by atoms with Crippen LogP contribution in [0.5, 0.6) is 5.88 Å². The first-order valence-corrected chi connectivity index (χ1v) is 11.8. The van der Waals surface area contributed by atoms with Crippen molar-refractivity contribution in [1.29, 1.82) is 0 Å². The van der Waals surface area contributed by atoms with E-state index in [1.165, 1.54) is 9.13 Å². The summed E-state index contributed by atoms with van der Waals surface area (Å²) in [5.74, 6) is -0.0138. The van der Waals surface area contributed by atoms with E-state index >= 15 is 0 Å². The average molecular weight is 451 g/mol. The molecule has 32 heavy (non-hydrogen) atoms. The van der Waals surface area contributed by atoms with E-state index in [1.807, 2.05) is 20.6 Å². The van der Waals surface area contributed by atoms with Crippen molar-refractivity contribution in [3.8, 4) is 5.88 Å². The van der Waals surface area contributed by atoms with Crippen LogP contribution in [0.2, 0.25) is 0 Å². The van der Waals surface area contributed by atoms with Crippen molar-refractivity contribution < 1.29 is 9.90 Å². The second-order valence-corrected chi connectivity index (χ2v) is 9.40. The van der Waals surface area contributed by atoms with E-state index in [0.717, 1.165) is 44.9 Å². The van der Waals surface area contributed by atoms with E-state index in [-0.39, 0.29) is 28.7 Å². The van der Waals surface area contributed by atoms with E-state index in [9.17, 15) is 14.7 Å². The summed E-state index contributed by atoms with van der Waals surface area (Å²) in [7, 11) is 0. The van der Waals surface area contributed by atoms with Gasteiger partial charge in [0.25, 0.3) is 5.56 Å². The van der Waals surface area contributed by atoms with Crippen LogP contribution in [0, 0.1) is 11.3 Å². The molecule has 1 atom stereocenters. The highest BCUT2D eigenvalue weighted by atomic mass is 16.3. The van der Waals surface area contributed by atoms with Crippen LogP contribution in [0.1, 0.15) is 97.6 Å². The number of nitrogens with zero attached hydrogens (tertiary/aromatic N) is 3. The molecule has 0 aromatic carbocycles. The van der Waals surface area contributed by atoms with Gasteiger partial charge in [-0.2, -0.15) is 0 Å². The number of amidine groups is 1. The molecular weight excluding hydrogens is 408 g/mol. The average Bonchev–Trinajstić information content (AvgIpc) is 3.28. The Kier molecular flexibility index (Phi) is 10.9. The number of aliphatic imine (C=N–C) groups is 1. The molecule has 0 aliphatic heterocycles. The van der Waals surface area contributed by atoms with Crippen molar-refractivity contribution in [3.05, 3.63) is 26.4 Å². The van der Waals surface area contributed by atoms with E-state index in [4.69, 9.17) is 10.5 Å². The number of hydrogen-bond donors (Lipinski definition) is 2. The number of nitrogens with two attached hydrogens (primary N) is 1. The van der Waals surface area contributed by atoms with Crippen LogP contribution < -0.4 is 17.0 Å². The minimum absolute atomic E-state index is 0.00216. The Hall–Kier alpha value is -2.38. The lowest BCUT2D eigenvalue weighted by atomic mass is 9.83. The Morgan fingerprint density at radius 3 is 2.31 bits per heavy atom. The fraction of sp³-hybridized carbons (Fsp3) is 0.750. The van der Waals surface area contributed by atoms with Crippen LogP contribution in [0.25, 0.3) is 0 Å². The highest BCUT2D eigenvalue weighted by Crippen LogP contribution is 2.31. The predicted octanol–water partition coefficient (Wildman–Crippen LogP) is 3.61. The number of hydrogen-bond acceptors (Lipinski definition) is 5. The molecule has 1 fully saturated rings. The number of rotatable bonds is 10. The standard InChI is InChI=1S/C23H40N4O3.CH2O/c1-6-17(13-14-23(4,5)7-2)27-21(29)18(19(24)25-8-3)20(28)26(22(27)30)15-16-11-9-10-12-16;1-2/h16-17,28H,6-15H2,1-5H3,(H2,24,25);1H2. The molecule has 0 amide bonds. The van der Waals surface area contributed by atoms with Gasteiger partial charge in [0, 0.05) is 19.1 Å². The van der Waals surface area contributed by atoms with Crippen molar-refractivity contribution in [3.63, 3.8) is 0 Å². The third-order valence-electron chi connectivity index (χ3n) is 6.80. The van der Waals surface area contributed by atoms with Crippen molar-refractivity contribution in [2.24, 2.45) is 22.1 Å². The summed E-state index contributed by atoms with van der Waals surface area (Å²) in [4.78, 5) is 38.9. The van der Waals surface area contributed by atoms with Gasteiger partial charge in [-0.15, -0.1) is 0 Å². The van der Waals surface area contributed by atoms with Gasteiger partial charge < -0.3 is 15.6 Å². The zero-order chi connectivity index (χ0) is 24.5. The van der Waals surface area contributed by atoms with E-state index in [0.29, 0.717) is 25.4 Å². The maximum absolute atomic E-state index is 13.4. The zero-order valence-corrected chi connectivity index (χ0v) is 20.5. The maximum Gasteiger partial charge on any atom is 0.334 e. The van der Waals surface area contributed by atoms with Gasteiger partial charge in [0.15, 0.2) is 0 Å². The lowest BCUT2D eigenvalue weighted by Gasteiger charge is -2.27. The Morgan fingerprint density at radius 1 is 1.22 bits per heavy atom. The van der Waals surface area contributed by atoms with Gasteiger partial charge in [-0.05, 0) is 50.4 Å². The molecule has 1 aliphatic rings. The van der Waals surface area contributed by atoms with Gasteiger partial charge in [-0.1, -0.05) is 47.0 Å². The molecule has 1 saturated carbocycles. The van der Waals surface area contributed by atoms with Crippen LogP contribution in [0.3, 0.4) is 0 Å². The summed E-state index contributed by atoms with van der Waals surface area (Å²) >= 11 is 0. The minimum Gasteiger partial charge on any atom is -0.494 e. The normalized spacial score (nSPS) is 16.0. The second-order valence-electron chi connectivity index (χ2n) is 9.40. The topological polar surface area (TPSA) is 120 Å². The summed E-state index contributed by atoms with van der Waals surface area (Å²) < 4.78 is 2.69. The summed E-state index contributed by atoms with van der Waals surface area (Å²) in [6.07, 6.45) is 7.65. The SMILES string of the molecule is C=O.CCN=C(N)c1c(O)n(CC2CCCC2)c(=O)n(C(CC)CCC(C)(C)CC)c1=O. The molecule has 0 spiro atoms. The fourth-order valence-electron chi connectivity index (χ4n) is 4.32. The largest absolute Gasteiger partial charge is 0.494 e. The van der Waals surface area contributed by atoms with Crippen LogP contribution in [-0.4, -0.2) is 33.4 Å². The highest BCUT2D eigenvalue weighted by Gasteiger charge is 2.28. The van der Waals surface area contributed by atoms with Crippen LogP contribution in [0.15, 0.2) is 14.6 Å². The van der Waals surface area contributed by atoms with Crippen LogP contribution in [0.4, 0.5) is 0 Å². The van der Waals surface area contributed by atoms with Gasteiger partial charge in [-0.3, -0.25) is 18.9 Å². The van der Waals surface area contributed by atoms with Gasteiger partial charge in [0.1, 0.15) is 18.2 Å². The Morgan fingerprint density at radius 2 is 1.81 bits per heavy atom. The molecule has 1 aliphatic carbocycles. The molecule has 8 heteroatoms. The van der Waals surface area contributed by atoms with Gasteiger partial charge >= 0.3 is 5.69 Å². The van der Waals surface area contributed by atoms with Crippen LogP contribution in [-0.2, 0) is 11.3 Å². The quantitative estimate of drug-likeness (QED) is 0.417. The molecule has 0 radical (unpaired) electrons. The van der Waals surface area contributed by atoms with E-state index in [2.05, 4.69) is 25.8 Å². The fourth-order valence-corrected chi connectivity index (χ4v) is 4.32. The zero-order valence-electron chi connectivity index (χ0n) is 20.5. The molecule has 1 unspecified atom stereocenters. The lowest BCUT2D eigenvalue weighted by molar-refractivity contribution is -0.0980. The Balaban J connectivity index is 0.00000249. The third kappa shape index (κ3) is 6.56. The van der Waals surface area contributed by atoms with E-state index in [1.54, 1.807) is 0 Å². The highest BCUT2D eigenvalue weighted by molar-refractivity contribution is 5.99. The number of carbonyl (C=O) groups excluding carboxylic acids is 1. The molecule has 3 N–H and O–H groups in total. The molecular formula is C24H42N4O4. The summed E-state index contributed by atoms with van der Waals surface area (Å²) in [5.41, 5.74) is 5.21. The summed E-state index contributed by atoms with van der Waals surface area (Å²) in [6.45, 7) is 13.2. The summed E-state index contributed by atoms with van der Waals surface area (Å²) in [6, 6.07) is -0.237. The smallest absolute Gasteiger partial charge is 0.334 e. The van der Waals surface area contributed by atoms with Crippen molar-refractivity contribution in [2.45, 2.75) is 98.6 Å². The second kappa shape index (κ2) is 12.6. The van der Waals surface area contributed by atoms with Crippen molar-refractivity contribution in [2.75, 3.05) is 6.54 Å². The molecule has 1 heterocycles. The molecule has 1 aromatic heterocycles. The van der Waals surface area contributed by atoms with Crippen molar-refractivity contribution >= 4 is 12.6 Å². The number of aromatic nitrogens is 2. The van der Waals surface area contributed by atoms with Gasteiger partial charge in [-0.25, -0.2) is 4.79 Å². The Bertz CT molecular complexity index is 879. The minimum atomic E-state index is -0.531. The monoisotopic (exact) mass is 450 g/mol. The molecule has 0 bridgehead atoms. The molecule has 0 saturated heterocycles. The van der Waals surface area contributed by atoms with Gasteiger partial charge in [0.05, 0.1) is 0 Å². The first-order valence-electron chi connectivity index (χ1n) is 11.8. The molecule has 182 valence electrons. The molecule has 8 nitrogen and oxygen atoms in total. The molecule has 2 rings (SSSR count). The van der Waals surface area contributed by atoms with E-state index < -0.39 is 11.2 Å². The predicted molar refractivity (Wildman–Crippen MR) is 130 cm³/mol. The first kappa shape index (κ1) is 27.7. The number of aromatic hydroxyl groups is 1. The maximum atomic E-state index is 13.4. The summed E-state index contributed by atoms with van der Waals surface area (Å²) in [5, 5.41) is 10.9. The van der Waals surface area contributed by atoms with Crippen molar-refractivity contribution in [1.82, 2.24) is 9.13 Å². The van der Waals surface area contributed by atoms with Gasteiger partial charge in [0.2, 0.25) is 5.88 Å². The van der Waals surface area contributed by atoms with Crippen LogP contribution >= 0.6 is 0 Å². The Labute approximate surface area is 191 Å². The first-order chi connectivity index (χ1) is 15.2. The lowest BCUT2D eigenvalue weighted by Crippen LogP contribution is -2.46. The molecule has 1 aromatic rings. The third-order valence-corrected chi connectivity index (χ3v) is 6.80.